The zero-order valence-corrected chi connectivity index (χ0v) is 9.64. The van der Waals surface area contributed by atoms with Gasteiger partial charge in [-0.1, -0.05) is 24.0 Å². The second kappa shape index (κ2) is 7.15. The highest BCUT2D eigenvalue weighted by Gasteiger charge is 1.98. The first-order valence-electron chi connectivity index (χ1n) is 4.35. The molecular formula is C9H10N4S2. The molecule has 0 aromatic carbocycles. The highest BCUT2D eigenvalue weighted by molar-refractivity contribution is 8.22. The van der Waals surface area contributed by atoms with E-state index in [1.54, 1.807) is 18.6 Å². The van der Waals surface area contributed by atoms with E-state index >= 15 is 0 Å². The molecule has 78 valence electrons. The minimum absolute atomic E-state index is 0.512. The molecule has 0 aliphatic heterocycles. The van der Waals surface area contributed by atoms with Gasteiger partial charge in [0.1, 0.15) is 4.32 Å². The smallest absolute Gasteiger partial charge is 0.134 e. The Labute approximate surface area is 98.1 Å². The van der Waals surface area contributed by atoms with E-state index < -0.39 is 0 Å². The van der Waals surface area contributed by atoms with Crippen LogP contribution in [0.15, 0.2) is 18.6 Å². The number of aromatic nitrogens is 2. The van der Waals surface area contributed by atoms with Gasteiger partial charge in [-0.2, -0.15) is 5.26 Å². The molecule has 0 amide bonds. The van der Waals surface area contributed by atoms with Crippen LogP contribution in [-0.4, -0.2) is 20.0 Å². The largest absolute Gasteiger partial charge is 0.365 e. The Bertz CT molecular complexity index is 347. The molecule has 0 atom stereocenters. The maximum absolute atomic E-state index is 8.34. The van der Waals surface area contributed by atoms with E-state index in [4.69, 9.17) is 17.5 Å². The number of rotatable bonds is 4. The molecule has 1 heterocycles. The Morgan fingerprint density at radius 1 is 1.60 bits per heavy atom. The quantitative estimate of drug-likeness (QED) is 0.633. The predicted octanol–water partition coefficient (Wildman–Crippen LogP) is 1.50. The van der Waals surface area contributed by atoms with E-state index in [-0.39, 0.29) is 0 Å². The van der Waals surface area contributed by atoms with Gasteiger partial charge in [0.25, 0.3) is 0 Å². The number of thioether (sulfide) groups is 1. The third-order valence-electron chi connectivity index (χ3n) is 1.48. The molecule has 0 saturated heterocycles. The summed E-state index contributed by atoms with van der Waals surface area (Å²) in [6.45, 7) is 0.576. The number of nitriles is 1. The summed E-state index contributed by atoms with van der Waals surface area (Å²) >= 11 is 6.53. The van der Waals surface area contributed by atoms with Gasteiger partial charge in [0.2, 0.25) is 0 Å². The van der Waals surface area contributed by atoms with Gasteiger partial charge < -0.3 is 5.32 Å². The van der Waals surface area contributed by atoms with Gasteiger partial charge in [-0.05, 0) is 0 Å². The molecule has 0 aliphatic rings. The maximum atomic E-state index is 8.34. The number of nitrogens with one attached hydrogen (secondary N) is 1. The average Bonchev–Trinajstić information content (AvgIpc) is 2.28. The predicted molar refractivity (Wildman–Crippen MR) is 64.2 cm³/mol. The van der Waals surface area contributed by atoms with Gasteiger partial charge in [0.05, 0.1) is 24.5 Å². The van der Waals surface area contributed by atoms with Crippen molar-refractivity contribution in [3.8, 4) is 6.07 Å². The maximum Gasteiger partial charge on any atom is 0.134 e. The van der Waals surface area contributed by atoms with Gasteiger partial charge in [0, 0.05) is 24.6 Å². The lowest BCUT2D eigenvalue weighted by atomic mass is 10.4. The molecule has 0 bridgehead atoms. The summed E-state index contributed by atoms with van der Waals surface area (Å²) in [6.07, 6.45) is 5.47. The minimum Gasteiger partial charge on any atom is -0.365 e. The van der Waals surface area contributed by atoms with Crippen molar-refractivity contribution in [1.82, 2.24) is 15.3 Å². The Kier molecular flexibility index (Phi) is 5.66. The average molecular weight is 238 g/mol. The molecule has 4 nitrogen and oxygen atoms in total. The standard InChI is InChI=1S/C9H10N4S2/c10-2-1-5-15-9(14)13-7-8-6-11-3-4-12-8/h3-4,6H,1,5,7H2,(H,13,14). The second-order valence-electron chi connectivity index (χ2n) is 2.59. The molecule has 15 heavy (non-hydrogen) atoms. The third kappa shape index (κ3) is 5.30. The van der Waals surface area contributed by atoms with Crippen molar-refractivity contribution in [3.63, 3.8) is 0 Å². The van der Waals surface area contributed by atoms with Gasteiger partial charge in [-0.25, -0.2) is 0 Å². The zero-order valence-electron chi connectivity index (χ0n) is 8.01. The van der Waals surface area contributed by atoms with E-state index in [2.05, 4.69) is 21.4 Å². The van der Waals surface area contributed by atoms with Crippen LogP contribution in [-0.2, 0) is 6.54 Å². The lowest BCUT2D eigenvalue weighted by Gasteiger charge is -2.04. The summed E-state index contributed by atoms with van der Waals surface area (Å²) in [5.41, 5.74) is 0.848. The van der Waals surface area contributed by atoms with Crippen molar-refractivity contribution < 1.29 is 0 Å². The van der Waals surface area contributed by atoms with E-state index in [0.29, 0.717) is 17.3 Å². The summed E-state index contributed by atoms with van der Waals surface area (Å²) in [7, 11) is 0. The molecule has 0 unspecified atom stereocenters. The fourth-order valence-electron chi connectivity index (χ4n) is 0.824. The molecule has 1 aromatic rings. The fraction of sp³-hybridized carbons (Fsp3) is 0.333. The summed E-state index contributed by atoms with van der Waals surface area (Å²) < 4.78 is 0.691. The van der Waals surface area contributed by atoms with Crippen molar-refractivity contribution in [1.29, 1.82) is 5.26 Å². The van der Waals surface area contributed by atoms with Crippen LogP contribution in [0.4, 0.5) is 0 Å². The summed E-state index contributed by atoms with van der Waals surface area (Å²) in [6, 6.07) is 2.07. The summed E-state index contributed by atoms with van der Waals surface area (Å²) in [5, 5.41) is 11.4. The molecule has 0 saturated carbocycles. The molecule has 0 radical (unpaired) electrons. The fourth-order valence-corrected chi connectivity index (χ4v) is 1.70. The van der Waals surface area contributed by atoms with Crippen molar-refractivity contribution in [2.45, 2.75) is 13.0 Å². The first kappa shape index (κ1) is 11.9. The minimum atomic E-state index is 0.512. The van der Waals surface area contributed by atoms with Crippen LogP contribution in [0, 0.1) is 11.3 Å². The van der Waals surface area contributed by atoms with Gasteiger partial charge in [0.15, 0.2) is 0 Å². The first-order valence-corrected chi connectivity index (χ1v) is 5.75. The summed E-state index contributed by atoms with van der Waals surface area (Å²) in [5.74, 6) is 0.725. The highest BCUT2D eigenvalue weighted by Crippen LogP contribution is 2.04. The Hall–Kier alpha value is -1.19. The Balaban J connectivity index is 2.20. The summed E-state index contributed by atoms with van der Waals surface area (Å²) in [4.78, 5) is 8.04. The van der Waals surface area contributed by atoms with E-state index in [0.717, 1.165) is 11.4 Å². The molecule has 0 fully saturated rings. The zero-order chi connectivity index (χ0) is 10.9. The van der Waals surface area contributed by atoms with Crippen LogP contribution in [0.25, 0.3) is 0 Å². The van der Waals surface area contributed by atoms with Crippen molar-refractivity contribution >= 4 is 28.3 Å². The van der Waals surface area contributed by atoms with Crippen LogP contribution in [0.2, 0.25) is 0 Å². The van der Waals surface area contributed by atoms with Crippen molar-refractivity contribution in [2.75, 3.05) is 5.75 Å². The topological polar surface area (TPSA) is 61.6 Å². The van der Waals surface area contributed by atoms with E-state index in [1.165, 1.54) is 11.8 Å². The second-order valence-corrected chi connectivity index (χ2v) is 4.37. The molecular weight excluding hydrogens is 228 g/mol. The molecule has 0 aliphatic carbocycles. The first-order chi connectivity index (χ1) is 7.33. The monoisotopic (exact) mass is 238 g/mol. The van der Waals surface area contributed by atoms with Crippen LogP contribution >= 0.6 is 24.0 Å². The lowest BCUT2D eigenvalue weighted by molar-refractivity contribution is 0.878. The number of hydrogen-bond acceptors (Lipinski definition) is 5. The van der Waals surface area contributed by atoms with E-state index in [1.807, 2.05) is 0 Å². The van der Waals surface area contributed by atoms with Crippen LogP contribution in [0.3, 0.4) is 0 Å². The Morgan fingerprint density at radius 3 is 3.13 bits per heavy atom. The third-order valence-corrected chi connectivity index (χ3v) is 2.79. The molecule has 1 N–H and O–H groups in total. The van der Waals surface area contributed by atoms with Gasteiger partial charge >= 0.3 is 0 Å². The molecule has 6 heteroatoms. The van der Waals surface area contributed by atoms with E-state index in [9.17, 15) is 0 Å². The number of hydrogen-bond donors (Lipinski definition) is 1. The number of thiocarbonyl (C=S) groups is 1. The normalized spacial score (nSPS) is 9.27. The van der Waals surface area contributed by atoms with Crippen molar-refractivity contribution in [2.24, 2.45) is 0 Å². The lowest BCUT2D eigenvalue weighted by Crippen LogP contribution is -2.18. The number of nitrogens with zero attached hydrogens (tertiary/aromatic N) is 3. The van der Waals surface area contributed by atoms with Crippen molar-refractivity contribution in [3.05, 3.63) is 24.3 Å². The van der Waals surface area contributed by atoms with Crippen LogP contribution in [0.5, 0.6) is 0 Å². The molecule has 1 aromatic heterocycles. The van der Waals surface area contributed by atoms with Crippen LogP contribution < -0.4 is 5.32 Å². The molecule has 0 spiro atoms. The highest BCUT2D eigenvalue weighted by atomic mass is 32.2. The Morgan fingerprint density at radius 2 is 2.47 bits per heavy atom. The molecule has 1 rings (SSSR count). The van der Waals surface area contributed by atoms with Crippen LogP contribution in [0.1, 0.15) is 12.1 Å². The van der Waals surface area contributed by atoms with Gasteiger partial charge in [-0.15, -0.1) is 0 Å². The van der Waals surface area contributed by atoms with Gasteiger partial charge in [-0.3, -0.25) is 9.97 Å². The SMILES string of the molecule is N#CCCSC(=S)NCc1cnccn1.